The SMILES string of the molecule is CCOc1cc2[nH]c(=S)n(CCCCC(=O)NC3CCCCC3)c(=O)c2cc1OCC. The Morgan fingerprint density at radius 2 is 1.81 bits per heavy atom. The van der Waals surface area contributed by atoms with Crippen LogP contribution in [0.15, 0.2) is 16.9 Å². The number of carbonyl (C=O) groups excluding carboxylic acids is 1. The zero-order valence-corrected chi connectivity index (χ0v) is 19.3. The van der Waals surface area contributed by atoms with Gasteiger partial charge in [-0.25, -0.2) is 0 Å². The van der Waals surface area contributed by atoms with E-state index in [-0.39, 0.29) is 11.5 Å². The summed E-state index contributed by atoms with van der Waals surface area (Å²) in [5.41, 5.74) is 0.472. The molecule has 1 saturated carbocycles. The Hall–Kier alpha value is -2.35. The summed E-state index contributed by atoms with van der Waals surface area (Å²) < 4.78 is 13.2. The van der Waals surface area contributed by atoms with Gasteiger partial charge in [0.15, 0.2) is 16.3 Å². The zero-order valence-electron chi connectivity index (χ0n) is 18.5. The molecule has 3 rings (SSSR count). The molecule has 31 heavy (non-hydrogen) atoms. The molecule has 1 aromatic heterocycles. The second kappa shape index (κ2) is 11.3. The van der Waals surface area contributed by atoms with E-state index in [0.29, 0.717) is 72.2 Å². The molecule has 0 unspecified atom stereocenters. The minimum atomic E-state index is -0.158. The number of rotatable bonds is 10. The van der Waals surface area contributed by atoms with Crippen molar-refractivity contribution in [1.82, 2.24) is 14.9 Å². The molecule has 170 valence electrons. The molecule has 7 nitrogen and oxygen atoms in total. The minimum absolute atomic E-state index is 0.104. The summed E-state index contributed by atoms with van der Waals surface area (Å²) in [6.07, 6.45) is 7.73. The molecule has 1 aliphatic rings. The first-order valence-electron chi connectivity index (χ1n) is 11.4. The Kier molecular flexibility index (Phi) is 8.51. The van der Waals surface area contributed by atoms with Gasteiger partial charge in [0, 0.05) is 25.1 Å². The number of carbonyl (C=O) groups is 1. The van der Waals surface area contributed by atoms with Crippen molar-refractivity contribution < 1.29 is 14.3 Å². The topological polar surface area (TPSA) is 85.4 Å². The first-order chi connectivity index (χ1) is 15.0. The Morgan fingerprint density at radius 1 is 1.13 bits per heavy atom. The van der Waals surface area contributed by atoms with Crippen LogP contribution in [0.4, 0.5) is 0 Å². The second-order valence-corrected chi connectivity index (χ2v) is 8.34. The number of unbranched alkanes of at least 4 members (excludes halogenated alkanes) is 1. The molecule has 0 aliphatic heterocycles. The number of hydrogen-bond donors (Lipinski definition) is 2. The number of benzene rings is 1. The molecule has 8 heteroatoms. The average molecular weight is 448 g/mol. The van der Waals surface area contributed by atoms with E-state index in [1.54, 1.807) is 16.7 Å². The van der Waals surface area contributed by atoms with Crippen LogP contribution in [0.3, 0.4) is 0 Å². The van der Waals surface area contributed by atoms with Crippen LogP contribution in [-0.4, -0.2) is 34.7 Å². The van der Waals surface area contributed by atoms with E-state index in [4.69, 9.17) is 21.7 Å². The van der Waals surface area contributed by atoms with Crippen molar-refractivity contribution in [3.63, 3.8) is 0 Å². The summed E-state index contributed by atoms with van der Waals surface area (Å²) >= 11 is 5.42. The van der Waals surface area contributed by atoms with Gasteiger partial charge in [-0.3, -0.25) is 14.2 Å². The molecule has 0 saturated heterocycles. The molecule has 2 aromatic rings. The summed E-state index contributed by atoms with van der Waals surface area (Å²) in [7, 11) is 0. The Balaban J connectivity index is 1.66. The Bertz CT molecular complexity index is 1010. The number of nitrogens with one attached hydrogen (secondary N) is 2. The van der Waals surface area contributed by atoms with Crippen molar-refractivity contribution in [2.24, 2.45) is 0 Å². The van der Waals surface area contributed by atoms with Gasteiger partial charge in [-0.05, 0) is 57.8 Å². The van der Waals surface area contributed by atoms with Gasteiger partial charge in [0.25, 0.3) is 5.56 Å². The highest BCUT2D eigenvalue weighted by Crippen LogP contribution is 2.30. The highest BCUT2D eigenvalue weighted by atomic mass is 32.1. The lowest BCUT2D eigenvalue weighted by atomic mass is 9.95. The van der Waals surface area contributed by atoms with Crippen LogP contribution >= 0.6 is 12.2 Å². The molecule has 1 aliphatic carbocycles. The number of nitrogens with zero attached hydrogens (tertiary/aromatic N) is 1. The molecule has 2 N–H and O–H groups in total. The van der Waals surface area contributed by atoms with Gasteiger partial charge in [0.1, 0.15) is 0 Å². The Labute approximate surface area is 188 Å². The average Bonchev–Trinajstić information content (AvgIpc) is 2.75. The van der Waals surface area contributed by atoms with Crippen molar-refractivity contribution >= 4 is 29.0 Å². The smallest absolute Gasteiger partial charge is 0.262 e. The molecule has 0 atom stereocenters. The second-order valence-electron chi connectivity index (χ2n) is 7.96. The van der Waals surface area contributed by atoms with Crippen molar-refractivity contribution in [3.05, 3.63) is 27.3 Å². The molecule has 0 radical (unpaired) electrons. The molecule has 0 bridgehead atoms. The summed E-state index contributed by atoms with van der Waals surface area (Å²) in [4.78, 5) is 28.4. The molecule has 1 heterocycles. The van der Waals surface area contributed by atoms with E-state index in [9.17, 15) is 9.59 Å². The van der Waals surface area contributed by atoms with E-state index in [2.05, 4.69) is 10.3 Å². The van der Waals surface area contributed by atoms with E-state index in [1.807, 2.05) is 13.8 Å². The van der Waals surface area contributed by atoms with Crippen molar-refractivity contribution in [2.45, 2.75) is 77.8 Å². The van der Waals surface area contributed by atoms with E-state index >= 15 is 0 Å². The number of ether oxygens (including phenoxy) is 2. The number of hydrogen-bond acceptors (Lipinski definition) is 5. The van der Waals surface area contributed by atoms with Gasteiger partial charge in [0.05, 0.1) is 24.1 Å². The van der Waals surface area contributed by atoms with Crippen molar-refractivity contribution in [3.8, 4) is 11.5 Å². The summed E-state index contributed by atoms with van der Waals surface area (Å²) in [6.45, 7) is 5.23. The van der Waals surface area contributed by atoms with Gasteiger partial charge < -0.3 is 19.8 Å². The monoisotopic (exact) mass is 447 g/mol. The lowest BCUT2D eigenvalue weighted by molar-refractivity contribution is -0.122. The summed E-state index contributed by atoms with van der Waals surface area (Å²) in [6, 6.07) is 3.81. The maximum Gasteiger partial charge on any atom is 0.262 e. The van der Waals surface area contributed by atoms with Crippen LogP contribution < -0.4 is 20.3 Å². The maximum absolute atomic E-state index is 13.1. The third-order valence-corrected chi connectivity index (χ3v) is 5.97. The van der Waals surface area contributed by atoms with Gasteiger partial charge >= 0.3 is 0 Å². The normalized spacial score (nSPS) is 14.5. The fraction of sp³-hybridized carbons (Fsp3) is 0.609. The van der Waals surface area contributed by atoms with Gasteiger partial charge in [-0.1, -0.05) is 19.3 Å². The van der Waals surface area contributed by atoms with E-state index in [1.165, 1.54) is 19.3 Å². The molecule has 1 aromatic carbocycles. The van der Waals surface area contributed by atoms with Gasteiger partial charge in [-0.2, -0.15) is 0 Å². The summed E-state index contributed by atoms with van der Waals surface area (Å²) in [5, 5.41) is 3.65. The maximum atomic E-state index is 13.1. The molecular weight excluding hydrogens is 414 g/mol. The van der Waals surface area contributed by atoms with Crippen LogP contribution in [0.5, 0.6) is 11.5 Å². The highest BCUT2D eigenvalue weighted by molar-refractivity contribution is 7.71. The lowest BCUT2D eigenvalue weighted by Gasteiger charge is -2.22. The zero-order chi connectivity index (χ0) is 22.2. The summed E-state index contributed by atoms with van der Waals surface area (Å²) in [5.74, 6) is 1.24. The van der Waals surface area contributed by atoms with Crippen LogP contribution in [0.2, 0.25) is 0 Å². The first-order valence-corrected chi connectivity index (χ1v) is 11.8. The third kappa shape index (κ3) is 6.09. The first kappa shape index (κ1) is 23.3. The minimum Gasteiger partial charge on any atom is -0.490 e. The van der Waals surface area contributed by atoms with Crippen LogP contribution in [0, 0.1) is 4.77 Å². The fourth-order valence-electron chi connectivity index (χ4n) is 4.10. The highest BCUT2D eigenvalue weighted by Gasteiger charge is 2.16. The third-order valence-electron chi connectivity index (χ3n) is 5.65. The van der Waals surface area contributed by atoms with Gasteiger partial charge in [0.2, 0.25) is 5.91 Å². The predicted molar refractivity (Wildman–Crippen MR) is 125 cm³/mol. The van der Waals surface area contributed by atoms with Crippen LogP contribution in [-0.2, 0) is 11.3 Å². The number of aromatic nitrogens is 2. The quantitative estimate of drug-likeness (QED) is 0.414. The van der Waals surface area contributed by atoms with E-state index in [0.717, 1.165) is 12.8 Å². The molecular formula is C23H33N3O4S. The predicted octanol–water partition coefficient (Wildman–Crippen LogP) is 4.48. The standard InChI is InChI=1S/C23H33N3O4S/c1-3-29-19-14-17-18(15-20(19)30-4-2)25-23(31)26(22(17)28)13-9-8-12-21(27)24-16-10-6-5-7-11-16/h14-16H,3-13H2,1-2H3,(H,24,27)(H,25,31). The number of fused-ring (bicyclic) bond motifs is 1. The lowest BCUT2D eigenvalue weighted by Crippen LogP contribution is -2.36. The largest absolute Gasteiger partial charge is 0.490 e. The van der Waals surface area contributed by atoms with Crippen molar-refractivity contribution in [2.75, 3.05) is 13.2 Å². The Morgan fingerprint density at radius 3 is 2.48 bits per heavy atom. The van der Waals surface area contributed by atoms with E-state index < -0.39 is 0 Å². The fourth-order valence-corrected chi connectivity index (χ4v) is 4.39. The molecule has 1 amide bonds. The van der Waals surface area contributed by atoms with Crippen LogP contribution in [0.25, 0.3) is 10.9 Å². The molecule has 1 fully saturated rings. The number of amides is 1. The van der Waals surface area contributed by atoms with Crippen LogP contribution in [0.1, 0.15) is 65.2 Å². The van der Waals surface area contributed by atoms with Gasteiger partial charge in [-0.15, -0.1) is 0 Å². The molecule has 0 spiro atoms. The van der Waals surface area contributed by atoms with Crippen molar-refractivity contribution in [1.29, 1.82) is 0 Å². The number of aromatic amines is 1. The number of H-pyrrole nitrogens is 1.